The molecule has 0 spiro atoms. The van der Waals surface area contributed by atoms with Crippen molar-refractivity contribution in [3.05, 3.63) is 231 Å². The van der Waals surface area contributed by atoms with Crippen LogP contribution in [-0.4, -0.2) is 21.9 Å². The summed E-state index contributed by atoms with van der Waals surface area (Å²) in [7, 11) is 0. The quantitative estimate of drug-likeness (QED) is 0.161. The van der Waals surface area contributed by atoms with Gasteiger partial charge in [0.05, 0.1) is 27.8 Å². The second-order valence-electron chi connectivity index (χ2n) is 17.4. The second kappa shape index (κ2) is 14.4. The molecular weight excluding hydrogens is 801 g/mol. The molecule has 0 N–H and O–H groups in total. The number of benzene rings is 10. The maximum atomic E-state index is 2.51. The summed E-state index contributed by atoms with van der Waals surface area (Å²) in [6, 6.07) is 84.9. The minimum Gasteiger partial charge on any atom is -0.326 e. The normalized spacial score (nSPS) is 12.8. The molecule has 10 aromatic carbocycles. The molecule has 0 atom stereocenters. The van der Waals surface area contributed by atoms with Crippen molar-refractivity contribution < 1.29 is 0 Å². The van der Waals surface area contributed by atoms with Crippen LogP contribution in [0.1, 0.15) is 0 Å². The third-order valence-electron chi connectivity index (χ3n) is 14.0. The molecule has 0 unspecified atom stereocenters. The Bertz CT molecular complexity index is 3910. The van der Waals surface area contributed by atoms with E-state index in [1.165, 1.54) is 99.5 Å². The third-order valence-corrected chi connectivity index (χ3v) is 14.0. The second-order valence-corrected chi connectivity index (χ2v) is 17.4. The van der Waals surface area contributed by atoms with Gasteiger partial charge < -0.3 is 14.0 Å². The van der Waals surface area contributed by atoms with Gasteiger partial charge >= 0.3 is 0 Å². The Balaban J connectivity index is 1.03. The third kappa shape index (κ3) is 5.36. The largest absolute Gasteiger partial charge is 0.326 e. The number of hydrogen-bond acceptors (Lipinski definition) is 1. The van der Waals surface area contributed by atoms with Crippen molar-refractivity contribution >= 4 is 72.6 Å². The average Bonchev–Trinajstić information content (AvgIpc) is 3.90. The van der Waals surface area contributed by atoms with Crippen molar-refractivity contribution in [1.82, 2.24) is 13.7 Å². The number of rotatable bonds is 4. The minimum atomic E-state index is 0.738. The van der Waals surface area contributed by atoms with Crippen LogP contribution in [0.25, 0.3) is 99.5 Å². The van der Waals surface area contributed by atoms with Gasteiger partial charge in [-0.15, -0.1) is 0 Å². The van der Waals surface area contributed by atoms with E-state index in [-0.39, 0.29) is 0 Å². The van der Waals surface area contributed by atoms with Gasteiger partial charge in [-0.1, -0.05) is 152 Å². The summed E-state index contributed by atoms with van der Waals surface area (Å²) in [6.45, 7) is 0.738. The van der Waals surface area contributed by atoms with Crippen LogP contribution in [0.5, 0.6) is 0 Å². The summed E-state index contributed by atoms with van der Waals surface area (Å²) in [4.78, 5) is 2.45. The molecule has 4 nitrogen and oxygen atoms in total. The van der Waals surface area contributed by atoms with Crippen LogP contribution >= 0.6 is 0 Å². The highest BCUT2D eigenvalue weighted by atomic mass is 15.2. The Hall–Kier alpha value is -8.73. The van der Waals surface area contributed by atoms with Gasteiger partial charge in [0, 0.05) is 56.7 Å². The van der Waals surface area contributed by atoms with Gasteiger partial charge in [-0.3, -0.25) is 0 Å². The zero-order valence-electron chi connectivity index (χ0n) is 36.0. The maximum Gasteiger partial charge on any atom is 0.235 e. The predicted molar refractivity (Wildman–Crippen MR) is 278 cm³/mol. The van der Waals surface area contributed by atoms with Crippen LogP contribution in [0.4, 0.5) is 22.7 Å². The van der Waals surface area contributed by atoms with Crippen molar-refractivity contribution in [2.45, 2.75) is 0 Å². The van der Waals surface area contributed by atoms with E-state index in [0.717, 1.165) is 29.3 Å². The SMILES string of the molecule is C1=[N+](c2ccccc2)c2cc3c(cc2N(c2ccccc2)C1)-c1ccccc1-c1c(cccc1-n1c2ccccc2c2cc(-n4c5ccccc5c5ccccc54)ccc21)-c1ccccc1-3. The van der Waals surface area contributed by atoms with E-state index in [1.54, 1.807) is 0 Å². The van der Waals surface area contributed by atoms with Gasteiger partial charge in [-0.2, -0.15) is 4.58 Å². The topological polar surface area (TPSA) is 16.1 Å². The first-order chi connectivity index (χ1) is 32.8. The van der Waals surface area contributed by atoms with Crippen LogP contribution in [0.3, 0.4) is 0 Å². The van der Waals surface area contributed by atoms with Gasteiger partial charge in [-0.25, -0.2) is 0 Å². The molecule has 66 heavy (non-hydrogen) atoms. The molecule has 2 aliphatic rings. The Kier molecular flexibility index (Phi) is 8.01. The molecule has 308 valence electrons. The lowest BCUT2D eigenvalue weighted by Crippen LogP contribution is -2.29. The lowest BCUT2D eigenvalue weighted by atomic mass is 9.79. The van der Waals surface area contributed by atoms with E-state index in [1.807, 2.05) is 0 Å². The number of aromatic nitrogens is 2. The highest BCUT2D eigenvalue weighted by Gasteiger charge is 2.33. The van der Waals surface area contributed by atoms with Crippen molar-refractivity contribution in [3.63, 3.8) is 0 Å². The van der Waals surface area contributed by atoms with E-state index < -0.39 is 0 Å². The molecule has 2 aromatic heterocycles. The smallest absolute Gasteiger partial charge is 0.235 e. The Morgan fingerprint density at radius 3 is 1.53 bits per heavy atom. The van der Waals surface area contributed by atoms with Crippen LogP contribution in [0.2, 0.25) is 0 Å². The van der Waals surface area contributed by atoms with Crippen LogP contribution in [-0.2, 0) is 0 Å². The Morgan fingerprint density at radius 1 is 0.318 bits per heavy atom. The molecule has 1 aliphatic carbocycles. The van der Waals surface area contributed by atoms with Crippen molar-refractivity contribution in [2.75, 3.05) is 11.4 Å². The molecule has 0 saturated heterocycles. The molecule has 0 fully saturated rings. The van der Waals surface area contributed by atoms with Crippen molar-refractivity contribution in [2.24, 2.45) is 0 Å². The molecule has 0 radical (unpaired) electrons. The molecule has 14 rings (SSSR count). The summed E-state index contributed by atoms with van der Waals surface area (Å²) in [6.07, 6.45) is 2.32. The van der Waals surface area contributed by atoms with Crippen molar-refractivity contribution in [1.29, 1.82) is 0 Å². The van der Waals surface area contributed by atoms with Gasteiger partial charge in [0.2, 0.25) is 11.4 Å². The average molecular weight is 842 g/mol. The summed E-state index contributed by atoms with van der Waals surface area (Å²) >= 11 is 0. The summed E-state index contributed by atoms with van der Waals surface area (Å²) in [5.41, 5.74) is 21.4. The molecule has 0 saturated carbocycles. The number of fused-ring (bicyclic) bond motifs is 15. The highest BCUT2D eigenvalue weighted by molar-refractivity contribution is 6.14. The molecular formula is C62H41N4+. The molecule has 0 bridgehead atoms. The van der Waals surface area contributed by atoms with Gasteiger partial charge in [0.1, 0.15) is 12.2 Å². The zero-order valence-corrected chi connectivity index (χ0v) is 36.0. The van der Waals surface area contributed by atoms with Crippen molar-refractivity contribution in [3.8, 4) is 55.9 Å². The summed E-state index contributed by atoms with van der Waals surface area (Å²) < 4.78 is 7.32. The van der Waals surface area contributed by atoms with Gasteiger partial charge in [-0.05, 0) is 99.6 Å². The molecule has 4 heteroatoms. The van der Waals surface area contributed by atoms with E-state index in [9.17, 15) is 0 Å². The fraction of sp³-hybridized carbons (Fsp3) is 0.0161. The monoisotopic (exact) mass is 841 g/mol. The number of anilines is 2. The van der Waals surface area contributed by atoms with E-state index in [2.05, 4.69) is 255 Å². The lowest BCUT2D eigenvalue weighted by molar-refractivity contribution is 1.000. The molecule has 12 aromatic rings. The minimum absolute atomic E-state index is 0.738. The summed E-state index contributed by atoms with van der Waals surface area (Å²) in [5.74, 6) is 0. The highest BCUT2D eigenvalue weighted by Crippen LogP contribution is 2.53. The molecule has 3 heterocycles. The Labute approximate surface area is 382 Å². The fourth-order valence-electron chi connectivity index (χ4n) is 11.2. The van der Waals surface area contributed by atoms with E-state index >= 15 is 0 Å². The molecule has 0 amide bonds. The fourth-order valence-corrected chi connectivity index (χ4v) is 11.2. The van der Waals surface area contributed by atoms with Crippen LogP contribution in [0, 0.1) is 0 Å². The number of para-hydroxylation sites is 5. The first-order valence-corrected chi connectivity index (χ1v) is 22.8. The Morgan fingerprint density at radius 2 is 0.833 bits per heavy atom. The van der Waals surface area contributed by atoms with Crippen LogP contribution < -0.4 is 9.48 Å². The van der Waals surface area contributed by atoms with Gasteiger partial charge in [0.25, 0.3) is 0 Å². The standard InChI is InChI=1S/C62H41N4/c1-3-18-41(19-4-1)63-36-37-64(42-20-5-2-6-21-42)61-40-53-46-24-9-10-28-50(46)62-51(44-22-7-8-23-45(44)52(53)39-60(61)63)29-17-33-59(62)66-57-32-16-13-27-49(57)54-38-43(34-35-58(54)66)65-55-30-14-11-25-47(55)48-26-12-15-31-56(48)65/h1-36,38-40H,37H2/q+1. The lowest BCUT2D eigenvalue weighted by Gasteiger charge is -2.30. The predicted octanol–water partition coefficient (Wildman–Crippen LogP) is 15.9. The zero-order chi connectivity index (χ0) is 43.3. The maximum absolute atomic E-state index is 2.51. The first-order valence-electron chi connectivity index (χ1n) is 22.8. The number of hydrogen-bond donors (Lipinski definition) is 0. The summed E-state index contributed by atoms with van der Waals surface area (Å²) in [5, 5.41) is 4.98. The van der Waals surface area contributed by atoms with Gasteiger partial charge in [0.15, 0.2) is 6.21 Å². The number of nitrogens with zero attached hydrogens (tertiary/aromatic N) is 4. The molecule has 1 aliphatic heterocycles. The first kappa shape index (κ1) is 36.7. The van der Waals surface area contributed by atoms with E-state index in [4.69, 9.17) is 0 Å². The van der Waals surface area contributed by atoms with E-state index in [0.29, 0.717) is 0 Å². The van der Waals surface area contributed by atoms with Crippen LogP contribution in [0.15, 0.2) is 231 Å².